The molecule has 94 valence electrons. The van der Waals surface area contributed by atoms with Crippen LogP contribution in [0, 0.1) is 0 Å². The summed E-state index contributed by atoms with van der Waals surface area (Å²) in [4.78, 5) is 14.8. The lowest BCUT2D eigenvalue weighted by Crippen LogP contribution is -2.05. The lowest BCUT2D eigenvalue weighted by Gasteiger charge is -2.06. The highest BCUT2D eigenvalue weighted by molar-refractivity contribution is 8.01. The summed E-state index contributed by atoms with van der Waals surface area (Å²) in [6, 6.07) is 0. The number of aliphatic carboxylic acids is 1. The first-order valence-electron chi connectivity index (χ1n) is 5.64. The van der Waals surface area contributed by atoms with Crippen LogP contribution in [0.5, 0.6) is 0 Å². The van der Waals surface area contributed by atoms with Crippen LogP contribution in [-0.2, 0) is 16.0 Å². The standard InChI is InChI=1S/C11H15NO3S2/c13-10(14)6-8-7-17-11(12-8)16-5-3-9-2-1-4-15-9/h7,9H,1-6H2,(H,13,14). The van der Waals surface area contributed by atoms with Gasteiger partial charge in [-0.25, -0.2) is 4.98 Å². The lowest BCUT2D eigenvalue weighted by molar-refractivity contribution is -0.136. The molecule has 1 aliphatic heterocycles. The monoisotopic (exact) mass is 273 g/mol. The minimum Gasteiger partial charge on any atom is -0.481 e. The van der Waals surface area contributed by atoms with Gasteiger partial charge in [0.15, 0.2) is 0 Å². The molecule has 0 aromatic carbocycles. The van der Waals surface area contributed by atoms with Gasteiger partial charge in [0.1, 0.15) is 4.34 Å². The Morgan fingerprint density at radius 1 is 1.71 bits per heavy atom. The molecule has 17 heavy (non-hydrogen) atoms. The number of carboxylic acid groups (broad SMARTS) is 1. The van der Waals surface area contributed by atoms with Gasteiger partial charge < -0.3 is 9.84 Å². The normalized spacial score (nSPS) is 19.6. The predicted octanol–water partition coefficient (Wildman–Crippen LogP) is 2.43. The highest BCUT2D eigenvalue weighted by Crippen LogP contribution is 2.25. The molecule has 2 rings (SSSR count). The van der Waals surface area contributed by atoms with Crippen molar-refractivity contribution in [2.45, 2.75) is 36.1 Å². The number of thioether (sulfide) groups is 1. The Bertz CT molecular complexity index is 375. The summed E-state index contributed by atoms with van der Waals surface area (Å²) < 4.78 is 6.50. The molecule has 0 radical (unpaired) electrons. The Balaban J connectivity index is 1.71. The zero-order valence-corrected chi connectivity index (χ0v) is 11.1. The van der Waals surface area contributed by atoms with E-state index in [1.165, 1.54) is 24.2 Å². The third-order valence-electron chi connectivity index (χ3n) is 2.55. The van der Waals surface area contributed by atoms with Crippen LogP contribution in [0.1, 0.15) is 25.0 Å². The molecule has 0 amide bonds. The van der Waals surface area contributed by atoms with Crippen molar-refractivity contribution in [3.05, 3.63) is 11.1 Å². The van der Waals surface area contributed by atoms with E-state index < -0.39 is 5.97 Å². The second kappa shape index (κ2) is 6.37. The van der Waals surface area contributed by atoms with Crippen molar-refractivity contribution in [2.24, 2.45) is 0 Å². The smallest absolute Gasteiger partial charge is 0.309 e. The van der Waals surface area contributed by atoms with E-state index in [1.54, 1.807) is 11.8 Å². The van der Waals surface area contributed by atoms with E-state index in [0.717, 1.165) is 23.1 Å². The second-order valence-corrected chi connectivity index (χ2v) is 6.15. The van der Waals surface area contributed by atoms with Crippen LogP contribution in [0.2, 0.25) is 0 Å². The number of rotatable bonds is 6. The van der Waals surface area contributed by atoms with Crippen molar-refractivity contribution in [2.75, 3.05) is 12.4 Å². The van der Waals surface area contributed by atoms with Crippen LogP contribution in [0.3, 0.4) is 0 Å². The van der Waals surface area contributed by atoms with E-state index in [0.29, 0.717) is 11.8 Å². The molecular weight excluding hydrogens is 258 g/mol. The number of nitrogens with zero attached hydrogens (tertiary/aromatic N) is 1. The Morgan fingerprint density at radius 2 is 2.59 bits per heavy atom. The highest BCUT2D eigenvalue weighted by Gasteiger charge is 2.15. The van der Waals surface area contributed by atoms with Gasteiger partial charge >= 0.3 is 5.97 Å². The third kappa shape index (κ3) is 4.29. The first-order chi connectivity index (χ1) is 8.24. The molecule has 0 bridgehead atoms. The largest absolute Gasteiger partial charge is 0.481 e. The quantitative estimate of drug-likeness (QED) is 0.807. The van der Waals surface area contributed by atoms with E-state index in [9.17, 15) is 4.79 Å². The molecule has 1 saturated heterocycles. The number of carboxylic acids is 1. The molecular formula is C11H15NO3S2. The lowest BCUT2D eigenvalue weighted by atomic mass is 10.2. The van der Waals surface area contributed by atoms with E-state index in [1.807, 2.05) is 5.38 Å². The summed E-state index contributed by atoms with van der Waals surface area (Å²) in [5.41, 5.74) is 0.655. The summed E-state index contributed by atoms with van der Waals surface area (Å²) in [6.45, 7) is 0.898. The maximum atomic E-state index is 10.5. The Hall–Kier alpha value is -0.590. The van der Waals surface area contributed by atoms with Crippen LogP contribution < -0.4 is 0 Å². The maximum Gasteiger partial charge on any atom is 0.309 e. The predicted molar refractivity (Wildman–Crippen MR) is 67.8 cm³/mol. The van der Waals surface area contributed by atoms with Crippen molar-refractivity contribution >= 4 is 29.1 Å². The van der Waals surface area contributed by atoms with Gasteiger partial charge in [0.05, 0.1) is 18.2 Å². The second-order valence-electron chi connectivity index (χ2n) is 3.95. The number of thiazole rings is 1. The average Bonchev–Trinajstić information content (AvgIpc) is 2.89. The molecule has 1 aromatic heterocycles. The Labute approximate surface area is 108 Å². The SMILES string of the molecule is O=C(O)Cc1csc(SCCC2CCCO2)n1. The van der Waals surface area contributed by atoms with Crippen molar-refractivity contribution in [3.63, 3.8) is 0 Å². The summed E-state index contributed by atoms with van der Waals surface area (Å²) in [6.07, 6.45) is 3.83. The third-order valence-corrected chi connectivity index (χ3v) is 4.66. The highest BCUT2D eigenvalue weighted by atomic mass is 32.2. The average molecular weight is 273 g/mol. The molecule has 2 heterocycles. The number of hydrogen-bond acceptors (Lipinski definition) is 5. The van der Waals surface area contributed by atoms with Gasteiger partial charge in [-0.15, -0.1) is 11.3 Å². The fourth-order valence-corrected chi connectivity index (χ4v) is 3.69. The van der Waals surface area contributed by atoms with Crippen LogP contribution in [0.25, 0.3) is 0 Å². The molecule has 1 atom stereocenters. The first kappa shape index (κ1) is 12.9. The fraction of sp³-hybridized carbons (Fsp3) is 0.636. The molecule has 1 N–H and O–H groups in total. The van der Waals surface area contributed by atoms with Gasteiger partial charge in [-0.2, -0.15) is 0 Å². The van der Waals surface area contributed by atoms with Gasteiger partial charge in [0, 0.05) is 17.7 Å². The molecule has 6 heteroatoms. The number of carbonyl (C=O) groups is 1. The van der Waals surface area contributed by atoms with E-state index >= 15 is 0 Å². The van der Waals surface area contributed by atoms with Crippen LogP contribution in [0.15, 0.2) is 9.72 Å². The van der Waals surface area contributed by atoms with Crippen molar-refractivity contribution in [1.82, 2.24) is 4.98 Å². The molecule has 4 nitrogen and oxygen atoms in total. The molecule has 1 unspecified atom stereocenters. The molecule has 0 aliphatic carbocycles. The fourth-order valence-electron chi connectivity index (χ4n) is 1.74. The van der Waals surface area contributed by atoms with Gasteiger partial charge in [-0.1, -0.05) is 11.8 Å². The first-order valence-corrected chi connectivity index (χ1v) is 7.51. The van der Waals surface area contributed by atoms with E-state index in [4.69, 9.17) is 9.84 Å². The van der Waals surface area contributed by atoms with Crippen molar-refractivity contribution in [1.29, 1.82) is 0 Å². The van der Waals surface area contributed by atoms with Gasteiger partial charge in [0.2, 0.25) is 0 Å². The number of hydrogen-bond donors (Lipinski definition) is 1. The summed E-state index contributed by atoms with van der Waals surface area (Å²) in [5, 5.41) is 10.5. The van der Waals surface area contributed by atoms with Crippen LogP contribution >= 0.6 is 23.1 Å². The molecule has 1 aromatic rings. The maximum absolute atomic E-state index is 10.5. The van der Waals surface area contributed by atoms with Gasteiger partial charge in [-0.05, 0) is 19.3 Å². The molecule has 0 saturated carbocycles. The van der Waals surface area contributed by atoms with Gasteiger partial charge in [-0.3, -0.25) is 4.79 Å². The zero-order chi connectivity index (χ0) is 12.1. The van der Waals surface area contributed by atoms with Gasteiger partial charge in [0.25, 0.3) is 0 Å². The number of aromatic nitrogens is 1. The minimum absolute atomic E-state index is 0.0167. The van der Waals surface area contributed by atoms with Crippen molar-refractivity contribution in [3.8, 4) is 0 Å². The Kier molecular flexibility index (Phi) is 4.82. The van der Waals surface area contributed by atoms with E-state index in [2.05, 4.69) is 4.98 Å². The zero-order valence-electron chi connectivity index (χ0n) is 9.42. The van der Waals surface area contributed by atoms with Crippen molar-refractivity contribution < 1.29 is 14.6 Å². The summed E-state index contributed by atoms with van der Waals surface area (Å²) in [7, 11) is 0. The Morgan fingerprint density at radius 3 is 3.29 bits per heavy atom. The topological polar surface area (TPSA) is 59.4 Å². The number of ether oxygens (including phenoxy) is 1. The molecule has 0 spiro atoms. The minimum atomic E-state index is -0.828. The molecule has 1 aliphatic rings. The van der Waals surface area contributed by atoms with Crippen LogP contribution in [0.4, 0.5) is 0 Å². The summed E-state index contributed by atoms with van der Waals surface area (Å²) in [5.74, 6) is 0.163. The van der Waals surface area contributed by atoms with Crippen LogP contribution in [-0.4, -0.2) is 34.5 Å². The summed E-state index contributed by atoms with van der Waals surface area (Å²) >= 11 is 3.21. The van der Waals surface area contributed by atoms with E-state index in [-0.39, 0.29) is 6.42 Å². The molecule has 1 fully saturated rings.